The van der Waals surface area contributed by atoms with Gasteiger partial charge in [-0.05, 0) is 30.3 Å². The number of aromatic nitrogens is 1. The Labute approximate surface area is 108 Å². The largest absolute Gasteiger partial charge is 0.507 e. The SMILES string of the molecule is O=C(O)c1ccc(-c2cc3ccccc3[nH]2)c(O)c1. The predicted octanol–water partition coefficient (Wildman–Crippen LogP) is 3.24. The standard InChI is InChI=1S/C15H11NO3/c17-14-8-10(15(18)19)5-6-11(14)13-7-9-3-1-2-4-12(9)16-13/h1-8,16-17H,(H,18,19). The number of aromatic amines is 1. The third kappa shape index (κ3) is 1.93. The first kappa shape index (κ1) is 11.3. The van der Waals surface area contributed by atoms with Crippen molar-refractivity contribution in [3.05, 3.63) is 54.1 Å². The van der Waals surface area contributed by atoms with Gasteiger partial charge in [-0.2, -0.15) is 0 Å². The molecule has 4 nitrogen and oxygen atoms in total. The van der Waals surface area contributed by atoms with Gasteiger partial charge in [0.25, 0.3) is 0 Å². The number of hydrogen-bond donors (Lipinski definition) is 3. The van der Waals surface area contributed by atoms with Crippen molar-refractivity contribution in [1.82, 2.24) is 4.98 Å². The van der Waals surface area contributed by atoms with E-state index in [9.17, 15) is 9.90 Å². The summed E-state index contributed by atoms with van der Waals surface area (Å²) in [7, 11) is 0. The number of carboxylic acid groups (broad SMARTS) is 1. The van der Waals surface area contributed by atoms with Crippen molar-refractivity contribution < 1.29 is 15.0 Å². The summed E-state index contributed by atoms with van der Waals surface area (Å²) in [6.45, 7) is 0. The number of hydrogen-bond acceptors (Lipinski definition) is 2. The maximum atomic E-state index is 10.8. The maximum absolute atomic E-state index is 10.8. The molecule has 0 unspecified atom stereocenters. The van der Waals surface area contributed by atoms with E-state index in [1.165, 1.54) is 12.1 Å². The first-order valence-electron chi connectivity index (χ1n) is 5.79. The molecule has 1 heterocycles. The fourth-order valence-electron chi connectivity index (χ4n) is 2.11. The summed E-state index contributed by atoms with van der Waals surface area (Å²) in [6.07, 6.45) is 0. The number of carbonyl (C=O) groups is 1. The number of fused-ring (bicyclic) bond motifs is 1. The number of aromatic carboxylic acids is 1. The molecule has 0 saturated carbocycles. The average Bonchev–Trinajstić information content (AvgIpc) is 2.81. The lowest BCUT2D eigenvalue weighted by Crippen LogP contribution is -1.95. The zero-order chi connectivity index (χ0) is 13.4. The highest BCUT2D eigenvalue weighted by atomic mass is 16.4. The van der Waals surface area contributed by atoms with Gasteiger partial charge in [0.2, 0.25) is 0 Å². The van der Waals surface area contributed by atoms with Crippen LogP contribution in [0.3, 0.4) is 0 Å². The van der Waals surface area contributed by atoms with Crippen LogP contribution in [0.2, 0.25) is 0 Å². The Bertz CT molecular complexity index is 741. The number of aromatic hydroxyl groups is 1. The average molecular weight is 253 g/mol. The summed E-state index contributed by atoms with van der Waals surface area (Å²) in [6, 6.07) is 14.0. The first-order chi connectivity index (χ1) is 9.15. The van der Waals surface area contributed by atoms with E-state index in [-0.39, 0.29) is 11.3 Å². The van der Waals surface area contributed by atoms with Crippen LogP contribution in [0.25, 0.3) is 22.2 Å². The molecule has 0 spiro atoms. The van der Waals surface area contributed by atoms with Gasteiger partial charge in [0.1, 0.15) is 5.75 Å². The van der Waals surface area contributed by atoms with Gasteiger partial charge in [-0.3, -0.25) is 0 Å². The predicted molar refractivity (Wildman–Crippen MR) is 72.4 cm³/mol. The van der Waals surface area contributed by atoms with Gasteiger partial charge in [0, 0.05) is 16.5 Å². The minimum absolute atomic E-state index is 0.0496. The number of benzene rings is 2. The van der Waals surface area contributed by atoms with Crippen LogP contribution in [0, 0.1) is 0 Å². The van der Waals surface area contributed by atoms with Crippen LogP contribution < -0.4 is 0 Å². The molecule has 4 heteroatoms. The van der Waals surface area contributed by atoms with E-state index in [0.29, 0.717) is 5.56 Å². The molecule has 0 aliphatic carbocycles. The molecule has 0 amide bonds. The van der Waals surface area contributed by atoms with Gasteiger partial charge < -0.3 is 15.2 Å². The van der Waals surface area contributed by atoms with Gasteiger partial charge in [-0.15, -0.1) is 0 Å². The number of phenols is 1. The van der Waals surface area contributed by atoms with E-state index in [4.69, 9.17) is 5.11 Å². The lowest BCUT2D eigenvalue weighted by Gasteiger charge is -2.03. The van der Waals surface area contributed by atoms with Gasteiger partial charge in [0.15, 0.2) is 0 Å². The minimum atomic E-state index is -1.06. The van der Waals surface area contributed by atoms with Gasteiger partial charge in [0.05, 0.1) is 11.3 Å². The summed E-state index contributed by atoms with van der Waals surface area (Å²) in [5.74, 6) is -1.11. The summed E-state index contributed by atoms with van der Waals surface area (Å²) in [5, 5.41) is 19.8. The summed E-state index contributed by atoms with van der Waals surface area (Å²) < 4.78 is 0. The van der Waals surface area contributed by atoms with Crippen molar-refractivity contribution in [3.63, 3.8) is 0 Å². The third-order valence-electron chi connectivity index (χ3n) is 3.06. The summed E-state index contributed by atoms with van der Waals surface area (Å²) >= 11 is 0. The van der Waals surface area contributed by atoms with E-state index in [0.717, 1.165) is 16.6 Å². The van der Waals surface area contributed by atoms with Gasteiger partial charge in [-0.1, -0.05) is 18.2 Å². The van der Waals surface area contributed by atoms with Gasteiger partial charge >= 0.3 is 5.97 Å². The Morgan fingerprint density at radius 3 is 2.53 bits per heavy atom. The van der Waals surface area contributed by atoms with Gasteiger partial charge in [-0.25, -0.2) is 4.79 Å². The van der Waals surface area contributed by atoms with Crippen LogP contribution in [0.1, 0.15) is 10.4 Å². The Morgan fingerprint density at radius 1 is 1.05 bits per heavy atom. The molecule has 1 aromatic heterocycles. The number of carboxylic acids is 1. The molecule has 0 aliphatic rings. The number of para-hydroxylation sites is 1. The molecule has 0 fully saturated rings. The molecule has 3 N–H and O–H groups in total. The number of nitrogens with one attached hydrogen (secondary N) is 1. The fraction of sp³-hybridized carbons (Fsp3) is 0. The van der Waals surface area contributed by atoms with Crippen LogP contribution >= 0.6 is 0 Å². The topological polar surface area (TPSA) is 73.3 Å². The monoisotopic (exact) mass is 253 g/mol. The maximum Gasteiger partial charge on any atom is 0.335 e. The highest BCUT2D eigenvalue weighted by Crippen LogP contribution is 2.31. The normalized spacial score (nSPS) is 10.7. The zero-order valence-corrected chi connectivity index (χ0v) is 9.92. The Hall–Kier alpha value is -2.75. The minimum Gasteiger partial charge on any atom is -0.507 e. The molecular weight excluding hydrogens is 242 g/mol. The van der Waals surface area contributed by atoms with Crippen LogP contribution in [-0.2, 0) is 0 Å². The third-order valence-corrected chi connectivity index (χ3v) is 3.06. The number of H-pyrrole nitrogens is 1. The van der Waals surface area contributed by atoms with E-state index in [1.807, 2.05) is 30.3 Å². The first-order valence-corrected chi connectivity index (χ1v) is 5.79. The quantitative estimate of drug-likeness (QED) is 0.656. The number of rotatable bonds is 2. The molecule has 0 bridgehead atoms. The molecule has 0 atom stereocenters. The highest BCUT2D eigenvalue weighted by Gasteiger charge is 2.11. The second-order valence-electron chi connectivity index (χ2n) is 4.31. The lowest BCUT2D eigenvalue weighted by molar-refractivity contribution is 0.0696. The Morgan fingerprint density at radius 2 is 1.84 bits per heavy atom. The number of phenolic OH excluding ortho intramolecular Hbond substituents is 1. The van der Waals surface area contributed by atoms with E-state index in [1.54, 1.807) is 6.07 Å². The van der Waals surface area contributed by atoms with E-state index >= 15 is 0 Å². The molecule has 94 valence electrons. The molecule has 3 rings (SSSR count). The van der Waals surface area contributed by atoms with Crippen LogP contribution in [-0.4, -0.2) is 21.2 Å². The van der Waals surface area contributed by atoms with Crippen molar-refractivity contribution in [2.45, 2.75) is 0 Å². The highest BCUT2D eigenvalue weighted by molar-refractivity contribution is 5.91. The van der Waals surface area contributed by atoms with Crippen LogP contribution in [0.4, 0.5) is 0 Å². The van der Waals surface area contributed by atoms with Crippen molar-refractivity contribution in [3.8, 4) is 17.0 Å². The molecule has 0 aliphatic heterocycles. The molecule has 3 aromatic rings. The van der Waals surface area contributed by atoms with Crippen LogP contribution in [0.5, 0.6) is 5.75 Å². The van der Waals surface area contributed by atoms with E-state index < -0.39 is 5.97 Å². The van der Waals surface area contributed by atoms with Crippen molar-refractivity contribution in [2.24, 2.45) is 0 Å². The molecule has 19 heavy (non-hydrogen) atoms. The lowest BCUT2D eigenvalue weighted by atomic mass is 10.1. The molecule has 2 aromatic carbocycles. The van der Waals surface area contributed by atoms with Crippen molar-refractivity contribution >= 4 is 16.9 Å². The van der Waals surface area contributed by atoms with E-state index in [2.05, 4.69) is 4.98 Å². The second-order valence-corrected chi connectivity index (χ2v) is 4.31. The molecular formula is C15H11NO3. The fourth-order valence-corrected chi connectivity index (χ4v) is 2.11. The summed E-state index contributed by atoms with van der Waals surface area (Å²) in [5.41, 5.74) is 2.38. The molecule has 0 saturated heterocycles. The second kappa shape index (κ2) is 4.17. The molecule has 0 radical (unpaired) electrons. The Balaban J connectivity index is 2.13. The summed E-state index contributed by atoms with van der Waals surface area (Å²) in [4.78, 5) is 14.0. The van der Waals surface area contributed by atoms with Crippen molar-refractivity contribution in [2.75, 3.05) is 0 Å². The zero-order valence-electron chi connectivity index (χ0n) is 9.92. The smallest absolute Gasteiger partial charge is 0.335 e. The van der Waals surface area contributed by atoms with Crippen LogP contribution in [0.15, 0.2) is 48.5 Å². The Kier molecular flexibility index (Phi) is 2.49. The van der Waals surface area contributed by atoms with Crippen molar-refractivity contribution in [1.29, 1.82) is 0 Å².